The lowest BCUT2D eigenvalue weighted by molar-refractivity contribution is -0.114. The zero-order valence-electron chi connectivity index (χ0n) is 10.6. The second-order valence-corrected chi connectivity index (χ2v) is 3.79. The van der Waals surface area contributed by atoms with Crippen molar-refractivity contribution < 1.29 is 19.1 Å². The van der Waals surface area contributed by atoms with Crippen molar-refractivity contribution in [2.75, 3.05) is 12.4 Å². The van der Waals surface area contributed by atoms with Crippen LogP contribution in [0.1, 0.15) is 12.5 Å². The van der Waals surface area contributed by atoms with E-state index in [4.69, 9.17) is 9.47 Å². The van der Waals surface area contributed by atoms with Crippen LogP contribution in [0, 0.1) is 0 Å². The second-order valence-electron chi connectivity index (χ2n) is 3.55. The van der Waals surface area contributed by atoms with Crippen molar-refractivity contribution in [3.8, 4) is 5.75 Å². The van der Waals surface area contributed by atoms with Crippen LogP contribution in [0.25, 0.3) is 0 Å². The number of carbonyl (C=O) groups is 2. The van der Waals surface area contributed by atoms with Crippen LogP contribution in [-0.4, -0.2) is 24.6 Å². The van der Waals surface area contributed by atoms with Gasteiger partial charge in [0.2, 0.25) is 5.91 Å². The van der Waals surface area contributed by atoms with Gasteiger partial charge in [-0.15, -0.1) is 0 Å². The molecule has 1 rings (SSSR count). The first kappa shape index (κ1) is 14.9. The molecule has 2 N–H and O–H groups in total. The molecule has 0 aromatic heterocycles. The summed E-state index contributed by atoms with van der Waals surface area (Å²) in [7, 11) is 1.49. The van der Waals surface area contributed by atoms with E-state index in [2.05, 4.69) is 22.9 Å². The number of amides is 2. The predicted octanol–water partition coefficient (Wildman–Crippen LogP) is 1.84. The molecule has 0 saturated carbocycles. The van der Waals surface area contributed by atoms with Crippen molar-refractivity contribution in [1.82, 2.24) is 5.32 Å². The molecule has 0 bridgehead atoms. The van der Waals surface area contributed by atoms with Crippen molar-refractivity contribution in [1.29, 1.82) is 0 Å². The number of nitrogens with one attached hydrogen (secondary N) is 2. The summed E-state index contributed by atoms with van der Waals surface area (Å²) in [5.41, 5.74) is 2.36. The van der Waals surface area contributed by atoms with E-state index in [-0.39, 0.29) is 12.5 Å². The summed E-state index contributed by atoms with van der Waals surface area (Å²) in [6.45, 7) is 1.48. The van der Waals surface area contributed by atoms with E-state index in [0.29, 0.717) is 11.4 Å². The normalized spacial score (nSPS) is 9.37. The Morgan fingerprint density at radius 3 is 2.74 bits per heavy atom. The summed E-state index contributed by atoms with van der Waals surface area (Å²) in [4.78, 5) is 22.1. The van der Waals surface area contributed by atoms with Gasteiger partial charge in [-0.25, -0.2) is 4.79 Å². The molecule has 0 fully saturated rings. The van der Waals surface area contributed by atoms with Gasteiger partial charge >= 0.3 is 6.09 Å². The number of carbonyl (C=O) groups excluding carboxylic acids is 2. The molecule has 0 saturated heterocycles. The highest BCUT2D eigenvalue weighted by Gasteiger charge is 2.07. The lowest BCUT2D eigenvalue weighted by Crippen LogP contribution is -2.21. The summed E-state index contributed by atoms with van der Waals surface area (Å²) in [5, 5.41) is 4.86. The van der Waals surface area contributed by atoms with Gasteiger partial charge in [-0.2, -0.15) is 0 Å². The van der Waals surface area contributed by atoms with Crippen molar-refractivity contribution in [2.45, 2.75) is 13.5 Å². The molecule has 0 atom stereocenters. The quantitative estimate of drug-likeness (QED) is 0.806. The lowest BCUT2D eigenvalue weighted by Gasteiger charge is -2.11. The van der Waals surface area contributed by atoms with Crippen molar-refractivity contribution in [2.24, 2.45) is 0 Å². The molecule has 1 aromatic rings. The minimum absolute atomic E-state index is 0.0751. The minimum Gasteiger partial charge on any atom is -0.495 e. The summed E-state index contributed by atoms with van der Waals surface area (Å²) in [6.07, 6.45) is -0.625. The molecule has 102 valence electrons. The van der Waals surface area contributed by atoms with Gasteiger partial charge in [0.25, 0.3) is 0 Å². The average Bonchev–Trinajstić information content (AvgIpc) is 2.37. The SMILES string of the molecule is COc1cc(COC(=O)NC=S)ccc1NC(C)=O. The average molecular weight is 282 g/mol. The maximum atomic E-state index is 11.1. The monoisotopic (exact) mass is 282 g/mol. The molecule has 0 aliphatic rings. The number of methoxy groups -OCH3 is 1. The molecular weight excluding hydrogens is 268 g/mol. The van der Waals surface area contributed by atoms with Crippen molar-refractivity contribution in [3.05, 3.63) is 23.8 Å². The van der Waals surface area contributed by atoms with Crippen LogP contribution in [0.15, 0.2) is 18.2 Å². The highest BCUT2D eigenvalue weighted by atomic mass is 32.1. The first-order valence-corrected chi connectivity index (χ1v) is 5.85. The molecule has 19 heavy (non-hydrogen) atoms. The van der Waals surface area contributed by atoms with Gasteiger partial charge in [0, 0.05) is 6.92 Å². The summed E-state index contributed by atoms with van der Waals surface area (Å²) in [6, 6.07) is 5.07. The number of hydrogen-bond acceptors (Lipinski definition) is 5. The summed E-state index contributed by atoms with van der Waals surface area (Å²) < 4.78 is 10.0. The Bertz CT molecular complexity index is 491. The number of ether oxygens (including phenoxy) is 2. The van der Waals surface area contributed by atoms with Crippen LogP contribution in [0.2, 0.25) is 0 Å². The molecule has 0 radical (unpaired) electrons. The molecule has 2 amide bonds. The van der Waals surface area contributed by atoms with Gasteiger partial charge in [0.15, 0.2) is 0 Å². The second kappa shape index (κ2) is 7.32. The predicted molar refractivity (Wildman–Crippen MR) is 74.3 cm³/mol. The van der Waals surface area contributed by atoms with Crippen LogP contribution in [0.5, 0.6) is 5.75 Å². The van der Waals surface area contributed by atoms with Gasteiger partial charge in [-0.05, 0) is 17.7 Å². The third-order valence-corrected chi connectivity index (χ3v) is 2.24. The van der Waals surface area contributed by atoms with Crippen LogP contribution in [0.3, 0.4) is 0 Å². The van der Waals surface area contributed by atoms with Gasteiger partial charge in [-0.1, -0.05) is 18.3 Å². The first-order valence-electron chi connectivity index (χ1n) is 5.38. The fourth-order valence-electron chi connectivity index (χ4n) is 1.36. The van der Waals surface area contributed by atoms with Crippen LogP contribution in [-0.2, 0) is 16.1 Å². The number of anilines is 1. The van der Waals surface area contributed by atoms with E-state index in [0.717, 1.165) is 11.1 Å². The third kappa shape index (κ3) is 4.92. The highest BCUT2D eigenvalue weighted by molar-refractivity contribution is 7.78. The van der Waals surface area contributed by atoms with Crippen LogP contribution >= 0.6 is 12.2 Å². The largest absolute Gasteiger partial charge is 0.495 e. The zero-order valence-corrected chi connectivity index (χ0v) is 11.4. The Balaban J connectivity index is 2.73. The topological polar surface area (TPSA) is 76.7 Å². The standard InChI is InChI=1S/C12H14N2O4S/c1-8(15)14-10-4-3-9(5-11(10)17-2)6-18-12(16)13-7-19/h3-5,7H,6H2,1-2H3,(H,14,15)(H,13,16,19). The molecule has 7 heteroatoms. The molecule has 0 unspecified atom stereocenters. The van der Waals surface area contributed by atoms with Crippen LogP contribution < -0.4 is 15.4 Å². The number of benzene rings is 1. The zero-order chi connectivity index (χ0) is 14.3. The van der Waals surface area contributed by atoms with Gasteiger partial charge in [-0.3, -0.25) is 10.1 Å². The number of alkyl carbamates (subject to hydrolysis) is 1. The van der Waals surface area contributed by atoms with Crippen molar-refractivity contribution in [3.63, 3.8) is 0 Å². The smallest absolute Gasteiger partial charge is 0.412 e. The minimum atomic E-state index is -0.625. The number of rotatable bonds is 5. The summed E-state index contributed by atoms with van der Waals surface area (Å²) >= 11 is 4.46. The lowest BCUT2D eigenvalue weighted by atomic mass is 10.2. The molecule has 0 aliphatic carbocycles. The fourth-order valence-corrected chi connectivity index (χ4v) is 1.45. The maximum Gasteiger partial charge on any atom is 0.412 e. The Labute approximate surface area is 116 Å². The number of thiocarbonyl (C=S) groups is 1. The van der Waals surface area contributed by atoms with E-state index in [1.807, 2.05) is 0 Å². The van der Waals surface area contributed by atoms with E-state index in [1.165, 1.54) is 14.0 Å². The summed E-state index contributed by atoms with van der Waals surface area (Å²) in [5.74, 6) is 0.300. The van der Waals surface area contributed by atoms with Gasteiger partial charge in [0.1, 0.15) is 12.4 Å². The number of hydrogen-bond donors (Lipinski definition) is 2. The molecular formula is C12H14N2O4S. The maximum absolute atomic E-state index is 11.1. The highest BCUT2D eigenvalue weighted by Crippen LogP contribution is 2.25. The molecule has 1 aromatic carbocycles. The first-order chi connectivity index (χ1) is 9.06. The van der Waals surface area contributed by atoms with Gasteiger partial charge in [0.05, 0.1) is 18.3 Å². The Morgan fingerprint density at radius 2 is 2.16 bits per heavy atom. The van der Waals surface area contributed by atoms with E-state index in [1.54, 1.807) is 18.2 Å². The fraction of sp³-hybridized carbons (Fsp3) is 0.250. The Morgan fingerprint density at radius 1 is 1.42 bits per heavy atom. The van der Waals surface area contributed by atoms with Gasteiger partial charge < -0.3 is 14.8 Å². The third-order valence-electron chi connectivity index (χ3n) is 2.12. The molecule has 0 heterocycles. The molecule has 0 aliphatic heterocycles. The van der Waals surface area contributed by atoms with Crippen LogP contribution in [0.4, 0.5) is 10.5 Å². The Kier molecular flexibility index (Phi) is 5.74. The van der Waals surface area contributed by atoms with E-state index in [9.17, 15) is 9.59 Å². The molecule has 6 nitrogen and oxygen atoms in total. The van der Waals surface area contributed by atoms with E-state index < -0.39 is 6.09 Å². The van der Waals surface area contributed by atoms with Crippen molar-refractivity contribution >= 4 is 35.4 Å². The Hall–Kier alpha value is -2.15. The molecule has 0 spiro atoms. The van der Waals surface area contributed by atoms with E-state index >= 15 is 0 Å².